The van der Waals surface area contributed by atoms with E-state index in [0.29, 0.717) is 6.04 Å². The number of thiophene rings is 1. The van der Waals surface area contributed by atoms with Crippen LogP contribution in [0.1, 0.15) is 12.5 Å². The van der Waals surface area contributed by atoms with Crippen molar-refractivity contribution >= 4 is 28.9 Å². The van der Waals surface area contributed by atoms with E-state index in [4.69, 9.17) is 11.6 Å². The molecular weight excluding hydrogens is 282 g/mol. The number of piperazine rings is 1. The molecule has 0 spiro atoms. The molecule has 0 amide bonds. The normalized spacial score (nSPS) is 19.9. The van der Waals surface area contributed by atoms with Crippen molar-refractivity contribution in [2.24, 2.45) is 0 Å². The number of H-pyrrole nitrogens is 1. The number of rotatable bonds is 2. The topological polar surface area (TPSA) is 56.8 Å². The van der Waals surface area contributed by atoms with E-state index in [2.05, 4.69) is 32.3 Å². The van der Waals surface area contributed by atoms with Gasteiger partial charge in [0.15, 0.2) is 5.82 Å². The van der Waals surface area contributed by atoms with E-state index in [9.17, 15) is 0 Å². The lowest BCUT2D eigenvalue weighted by Gasteiger charge is -2.30. The molecule has 7 heteroatoms. The van der Waals surface area contributed by atoms with Gasteiger partial charge in [-0.2, -0.15) is 4.98 Å². The van der Waals surface area contributed by atoms with Gasteiger partial charge in [-0.3, -0.25) is 5.10 Å². The summed E-state index contributed by atoms with van der Waals surface area (Å²) >= 11 is 7.85. The molecule has 102 valence electrons. The third kappa shape index (κ3) is 2.48. The first-order chi connectivity index (χ1) is 9.15. The molecule has 1 fully saturated rings. The predicted molar refractivity (Wildman–Crippen MR) is 79.1 cm³/mol. The lowest BCUT2D eigenvalue weighted by atomic mass is 10.2. The Bertz CT molecular complexity index is 578. The van der Waals surface area contributed by atoms with Crippen molar-refractivity contribution in [2.75, 3.05) is 24.5 Å². The molecule has 0 unspecified atom stereocenters. The number of halogens is 1. The molecule has 5 nitrogen and oxygen atoms in total. The number of hydrogen-bond donors (Lipinski definition) is 2. The van der Waals surface area contributed by atoms with Crippen LogP contribution in [0.15, 0.2) is 5.38 Å². The SMILES string of the molecule is Cc1csc(-c2nc(N3CCN[C@H](C)C3)n[nH]2)c1Cl. The van der Waals surface area contributed by atoms with Crippen molar-refractivity contribution in [3.63, 3.8) is 0 Å². The summed E-state index contributed by atoms with van der Waals surface area (Å²) in [5.41, 5.74) is 1.08. The first-order valence-corrected chi connectivity index (χ1v) is 7.55. The first kappa shape index (κ1) is 12.9. The Morgan fingerprint density at radius 3 is 3.05 bits per heavy atom. The van der Waals surface area contributed by atoms with E-state index < -0.39 is 0 Å². The fraction of sp³-hybridized carbons (Fsp3) is 0.500. The quantitative estimate of drug-likeness (QED) is 0.893. The molecule has 2 aromatic rings. The standard InChI is InChI=1S/C12H16ClN5S/c1-7-6-19-10(9(7)13)11-15-12(17-16-11)18-4-3-14-8(2)5-18/h6,8,14H,3-5H2,1-2H3,(H,15,16,17)/t8-/m1/s1. The number of anilines is 1. The molecular formula is C12H16ClN5S. The smallest absolute Gasteiger partial charge is 0.245 e. The Balaban J connectivity index is 1.85. The monoisotopic (exact) mass is 297 g/mol. The van der Waals surface area contributed by atoms with Crippen molar-refractivity contribution in [1.29, 1.82) is 0 Å². The zero-order valence-corrected chi connectivity index (χ0v) is 12.5. The highest BCUT2D eigenvalue weighted by Gasteiger charge is 2.20. The molecule has 0 radical (unpaired) electrons. The molecule has 2 N–H and O–H groups in total. The van der Waals surface area contributed by atoms with Crippen LogP contribution < -0.4 is 10.2 Å². The van der Waals surface area contributed by atoms with Gasteiger partial charge < -0.3 is 10.2 Å². The van der Waals surface area contributed by atoms with Crippen molar-refractivity contribution in [1.82, 2.24) is 20.5 Å². The minimum atomic E-state index is 0.461. The lowest BCUT2D eigenvalue weighted by molar-refractivity contribution is 0.480. The summed E-state index contributed by atoms with van der Waals surface area (Å²) in [6.07, 6.45) is 0. The highest BCUT2D eigenvalue weighted by Crippen LogP contribution is 2.34. The number of aromatic nitrogens is 3. The van der Waals surface area contributed by atoms with Crippen LogP contribution in [0, 0.1) is 6.92 Å². The molecule has 3 rings (SSSR count). The molecule has 3 heterocycles. The van der Waals surface area contributed by atoms with Crippen LogP contribution in [-0.4, -0.2) is 40.9 Å². The van der Waals surface area contributed by atoms with Crippen LogP contribution in [0.5, 0.6) is 0 Å². The predicted octanol–water partition coefficient (Wildman–Crippen LogP) is 2.29. The minimum Gasteiger partial charge on any atom is -0.337 e. The average molecular weight is 298 g/mol. The van der Waals surface area contributed by atoms with Gasteiger partial charge in [0.2, 0.25) is 5.95 Å². The molecule has 2 aromatic heterocycles. The second-order valence-corrected chi connectivity index (χ2v) is 6.10. The maximum Gasteiger partial charge on any atom is 0.245 e. The summed E-state index contributed by atoms with van der Waals surface area (Å²) in [5, 5.41) is 13.5. The average Bonchev–Trinajstić information content (AvgIpc) is 2.98. The summed E-state index contributed by atoms with van der Waals surface area (Å²) in [6.45, 7) is 6.98. The van der Waals surface area contributed by atoms with E-state index in [1.165, 1.54) is 0 Å². The maximum atomic E-state index is 6.26. The summed E-state index contributed by atoms with van der Waals surface area (Å²) < 4.78 is 0. The number of aromatic amines is 1. The van der Waals surface area contributed by atoms with Crippen LogP contribution in [0.3, 0.4) is 0 Å². The van der Waals surface area contributed by atoms with E-state index in [1.54, 1.807) is 11.3 Å². The molecule has 19 heavy (non-hydrogen) atoms. The lowest BCUT2D eigenvalue weighted by Crippen LogP contribution is -2.49. The molecule has 1 aliphatic heterocycles. The second kappa shape index (κ2) is 5.11. The van der Waals surface area contributed by atoms with Gasteiger partial charge in [0.25, 0.3) is 0 Å². The molecule has 0 aliphatic carbocycles. The molecule has 1 atom stereocenters. The van der Waals surface area contributed by atoms with E-state index in [0.717, 1.165) is 46.9 Å². The summed E-state index contributed by atoms with van der Waals surface area (Å²) in [7, 11) is 0. The maximum absolute atomic E-state index is 6.26. The Hall–Kier alpha value is -1.11. The van der Waals surface area contributed by atoms with Gasteiger partial charge in [-0.05, 0) is 24.8 Å². The number of nitrogens with one attached hydrogen (secondary N) is 2. The third-order valence-electron chi connectivity index (χ3n) is 3.24. The zero-order chi connectivity index (χ0) is 13.4. The molecule has 0 aromatic carbocycles. The van der Waals surface area contributed by atoms with Crippen LogP contribution in [0.4, 0.5) is 5.95 Å². The molecule has 0 bridgehead atoms. The van der Waals surface area contributed by atoms with Crippen LogP contribution in [-0.2, 0) is 0 Å². The van der Waals surface area contributed by atoms with Gasteiger partial charge >= 0.3 is 0 Å². The van der Waals surface area contributed by atoms with Gasteiger partial charge in [-0.15, -0.1) is 16.4 Å². The van der Waals surface area contributed by atoms with Crippen molar-refractivity contribution in [3.05, 3.63) is 16.0 Å². The fourth-order valence-electron chi connectivity index (χ4n) is 2.20. The Morgan fingerprint density at radius 1 is 1.53 bits per heavy atom. The molecule has 0 saturated carbocycles. The summed E-state index contributed by atoms with van der Waals surface area (Å²) in [6, 6.07) is 0.461. The van der Waals surface area contributed by atoms with Gasteiger partial charge in [0, 0.05) is 25.7 Å². The third-order valence-corrected chi connectivity index (χ3v) is 4.94. The van der Waals surface area contributed by atoms with Crippen LogP contribution in [0.2, 0.25) is 5.02 Å². The molecule has 1 saturated heterocycles. The van der Waals surface area contributed by atoms with Crippen molar-refractivity contribution in [3.8, 4) is 10.7 Å². The van der Waals surface area contributed by atoms with Crippen molar-refractivity contribution in [2.45, 2.75) is 19.9 Å². The van der Waals surface area contributed by atoms with E-state index in [-0.39, 0.29) is 0 Å². The highest BCUT2D eigenvalue weighted by molar-refractivity contribution is 7.14. The minimum absolute atomic E-state index is 0.461. The highest BCUT2D eigenvalue weighted by atomic mass is 35.5. The number of hydrogen-bond acceptors (Lipinski definition) is 5. The van der Waals surface area contributed by atoms with Gasteiger partial charge in [0.05, 0.1) is 9.90 Å². The fourth-order valence-corrected chi connectivity index (χ4v) is 3.42. The summed E-state index contributed by atoms with van der Waals surface area (Å²) in [5.74, 6) is 1.51. The zero-order valence-electron chi connectivity index (χ0n) is 10.9. The van der Waals surface area contributed by atoms with Gasteiger partial charge in [-0.1, -0.05) is 11.6 Å². The second-order valence-electron chi connectivity index (χ2n) is 4.85. The van der Waals surface area contributed by atoms with Crippen LogP contribution >= 0.6 is 22.9 Å². The Labute approximate surface area is 121 Å². The van der Waals surface area contributed by atoms with Gasteiger partial charge in [0.1, 0.15) is 0 Å². The number of nitrogens with zero attached hydrogens (tertiary/aromatic N) is 3. The van der Waals surface area contributed by atoms with Gasteiger partial charge in [-0.25, -0.2) is 0 Å². The largest absolute Gasteiger partial charge is 0.337 e. The number of aryl methyl sites for hydroxylation is 1. The van der Waals surface area contributed by atoms with Crippen molar-refractivity contribution < 1.29 is 0 Å². The summed E-state index contributed by atoms with van der Waals surface area (Å²) in [4.78, 5) is 7.72. The first-order valence-electron chi connectivity index (χ1n) is 6.30. The molecule has 1 aliphatic rings. The van der Waals surface area contributed by atoms with E-state index in [1.807, 2.05) is 12.3 Å². The van der Waals surface area contributed by atoms with E-state index >= 15 is 0 Å². The van der Waals surface area contributed by atoms with Crippen LogP contribution in [0.25, 0.3) is 10.7 Å². The Morgan fingerprint density at radius 2 is 2.37 bits per heavy atom. The Kier molecular flexibility index (Phi) is 3.47.